The fraction of sp³-hybridized carbons (Fsp3) is 0.556. The Morgan fingerprint density at radius 1 is 1.26 bits per heavy atom. The summed E-state index contributed by atoms with van der Waals surface area (Å²) >= 11 is 0. The van der Waals surface area contributed by atoms with Crippen LogP contribution in [-0.4, -0.2) is 37.1 Å². The lowest BCUT2D eigenvalue weighted by molar-refractivity contribution is -0.132. The van der Waals surface area contributed by atoms with Crippen LogP contribution in [0.15, 0.2) is 24.3 Å². The van der Waals surface area contributed by atoms with Gasteiger partial charge in [-0.15, -0.1) is 0 Å². The van der Waals surface area contributed by atoms with E-state index < -0.39 is 5.92 Å². The van der Waals surface area contributed by atoms with Crippen LogP contribution in [0.4, 0.5) is 0 Å². The molecule has 1 amide bonds. The van der Waals surface area contributed by atoms with E-state index in [9.17, 15) is 10.1 Å². The number of hydrogen-bond acceptors (Lipinski definition) is 4. The Hall–Kier alpha value is -2.22. The quantitative estimate of drug-likeness (QED) is 0.692. The van der Waals surface area contributed by atoms with Crippen molar-refractivity contribution < 1.29 is 14.3 Å². The molecule has 1 saturated heterocycles. The number of amides is 1. The van der Waals surface area contributed by atoms with Crippen LogP contribution in [0.3, 0.4) is 0 Å². The van der Waals surface area contributed by atoms with Crippen LogP contribution in [0, 0.1) is 17.2 Å². The molecule has 1 aliphatic rings. The van der Waals surface area contributed by atoms with Crippen LogP contribution >= 0.6 is 0 Å². The molecule has 1 aromatic carbocycles. The first-order chi connectivity index (χ1) is 11.3. The lowest BCUT2D eigenvalue weighted by Crippen LogP contribution is -2.33. The molecule has 1 atom stereocenters. The minimum absolute atomic E-state index is 0.0280. The molecule has 0 N–H and O–H groups in total. The van der Waals surface area contributed by atoms with Gasteiger partial charge in [-0.05, 0) is 44.7 Å². The summed E-state index contributed by atoms with van der Waals surface area (Å²) < 4.78 is 11.2. The Bertz CT molecular complexity index is 547. The van der Waals surface area contributed by atoms with Crippen LogP contribution in [0.5, 0.6) is 11.5 Å². The number of likely N-dealkylation sites (tertiary alicyclic amines) is 1. The van der Waals surface area contributed by atoms with E-state index in [4.69, 9.17) is 9.47 Å². The summed E-state index contributed by atoms with van der Waals surface area (Å²) in [6.07, 6.45) is 3.28. The van der Waals surface area contributed by atoms with Gasteiger partial charge in [-0.2, -0.15) is 5.26 Å². The summed E-state index contributed by atoms with van der Waals surface area (Å²) in [7, 11) is 0. The van der Waals surface area contributed by atoms with Gasteiger partial charge in [-0.1, -0.05) is 12.1 Å². The van der Waals surface area contributed by atoms with E-state index in [-0.39, 0.29) is 5.91 Å². The van der Waals surface area contributed by atoms with E-state index in [1.807, 2.05) is 31.2 Å². The van der Waals surface area contributed by atoms with Crippen molar-refractivity contribution >= 4 is 5.91 Å². The first kappa shape index (κ1) is 17.1. The first-order valence-corrected chi connectivity index (χ1v) is 8.29. The van der Waals surface area contributed by atoms with Gasteiger partial charge >= 0.3 is 0 Å². The van der Waals surface area contributed by atoms with Gasteiger partial charge in [-0.3, -0.25) is 4.79 Å². The van der Waals surface area contributed by atoms with Crippen LogP contribution in [0.2, 0.25) is 0 Å². The van der Waals surface area contributed by atoms with Crippen molar-refractivity contribution in [2.24, 2.45) is 5.92 Å². The second-order valence-electron chi connectivity index (χ2n) is 5.58. The second-order valence-corrected chi connectivity index (χ2v) is 5.58. The van der Waals surface area contributed by atoms with Crippen molar-refractivity contribution in [3.05, 3.63) is 24.3 Å². The Morgan fingerprint density at radius 2 is 1.91 bits per heavy atom. The molecule has 1 aliphatic heterocycles. The normalized spacial score (nSPS) is 15.0. The van der Waals surface area contributed by atoms with Crippen LogP contribution in [0.25, 0.3) is 0 Å². The van der Waals surface area contributed by atoms with Crippen LogP contribution in [-0.2, 0) is 4.79 Å². The number of ether oxygens (including phenoxy) is 2. The van der Waals surface area contributed by atoms with E-state index in [2.05, 4.69) is 6.07 Å². The second kappa shape index (κ2) is 9.04. The van der Waals surface area contributed by atoms with Crippen LogP contribution in [0.1, 0.15) is 32.6 Å². The summed E-state index contributed by atoms with van der Waals surface area (Å²) in [5.41, 5.74) is 0. The highest BCUT2D eigenvalue weighted by Gasteiger charge is 2.25. The summed E-state index contributed by atoms with van der Waals surface area (Å²) in [4.78, 5) is 14.0. The predicted octanol–water partition coefficient (Wildman–Crippen LogP) is 3.01. The van der Waals surface area contributed by atoms with Gasteiger partial charge in [0.2, 0.25) is 5.91 Å². The monoisotopic (exact) mass is 316 g/mol. The molecule has 0 aromatic heterocycles. The average molecular weight is 316 g/mol. The number of nitrogens with zero attached hydrogens (tertiary/aromatic N) is 2. The largest absolute Gasteiger partial charge is 0.490 e. The minimum Gasteiger partial charge on any atom is -0.490 e. The van der Waals surface area contributed by atoms with Crippen molar-refractivity contribution in [3.63, 3.8) is 0 Å². The molecule has 5 nitrogen and oxygen atoms in total. The number of carbonyl (C=O) groups is 1. The smallest absolute Gasteiger partial charge is 0.239 e. The topological polar surface area (TPSA) is 62.6 Å². The molecule has 0 bridgehead atoms. The lowest BCUT2D eigenvalue weighted by Gasteiger charge is -2.18. The maximum Gasteiger partial charge on any atom is 0.239 e. The molecule has 1 unspecified atom stereocenters. The highest BCUT2D eigenvalue weighted by atomic mass is 16.5. The molecule has 0 saturated carbocycles. The zero-order valence-electron chi connectivity index (χ0n) is 13.7. The van der Waals surface area contributed by atoms with E-state index in [0.29, 0.717) is 31.8 Å². The zero-order chi connectivity index (χ0) is 16.5. The van der Waals surface area contributed by atoms with Gasteiger partial charge < -0.3 is 14.4 Å². The SMILES string of the molecule is CCOc1ccccc1OCCCC(C#N)C(=O)N1CCCC1. The van der Waals surface area contributed by atoms with Gasteiger partial charge in [0.05, 0.1) is 19.3 Å². The molecule has 1 aromatic rings. The Kier molecular flexibility index (Phi) is 6.74. The highest BCUT2D eigenvalue weighted by Crippen LogP contribution is 2.26. The number of benzene rings is 1. The molecule has 1 heterocycles. The number of rotatable bonds is 8. The maximum atomic E-state index is 12.2. The fourth-order valence-corrected chi connectivity index (χ4v) is 2.71. The fourth-order valence-electron chi connectivity index (χ4n) is 2.71. The van der Waals surface area contributed by atoms with Crippen molar-refractivity contribution in [3.8, 4) is 17.6 Å². The van der Waals surface area contributed by atoms with Gasteiger partial charge in [0.15, 0.2) is 11.5 Å². The molecule has 0 aliphatic carbocycles. The van der Waals surface area contributed by atoms with E-state index in [1.165, 1.54) is 0 Å². The van der Waals surface area contributed by atoms with Gasteiger partial charge in [-0.25, -0.2) is 0 Å². The third-order valence-electron chi connectivity index (χ3n) is 3.92. The zero-order valence-corrected chi connectivity index (χ0v) is 13.7. The van der Waals surface area contributed by atoms with Crippen molar-refractivity contribution in [2.75, 3.05) is 26.3 Å². The van der Waals surface area contributed by atoms with Crippen molar-refractivity contribution in [1.29, 1.82) is 5.26 Å². The molecule has 0 spiro atoms. The van der Waals surface area contributed by atoms with Crippen molar-refractivity contribution in [1.82, 2.24) is 4.90 Å². The number of hydrogen-bond donors (Lipinski definition) is 0. The molecule has 124 valence electrons. The highest BCUT2D eigenvalue weighted by molar-refractivity contribution is 5.81. The summed E-state index contributed by atoms with van der Waals surface area (Å²) in [6, 6.07) is 9.67. The molecule has 0 radical (unpaired) electrons. The third-order valence-corrected chi connectivity index (χ3v) is 3.92. The molecule has 23 heavy (non-hydrogen) atoms. The standard InChI is InChI=1S/C18H24N2O3/c1-2-22-16-9-3-4-10-17(16)23-13-7-8-15(14-19)18(21)20-11-5-6-12-20/h3-4,9-10,15H,2,5-8,11-13H2,1H3. The minimum atomic E-state index is -0.557. The lowest BCUT2D eigenvalue weighted by atomic mass is 10.0. The van der Waals surface area contributed by atoms with E-state index in [1.54, 1.807) is 4.90 Å². The molecule has 1 fully saturated rings. The number of para-hydroxylation sites is 2. The van der Waals surface area contributed by atoms with Crippen LogP contribution < -0.4 is 9.47 Å². The van der Waals surface area contributed by atoms with Gasteiger partial charge in [0.25, 0.3) is 0 Å². The van der Waals surface area contributed by atoms with Gasteiger partial charge in [0.1, 0.15) is 5.92 Å². The molecular formula is C18H24N2O3. The Labute approximate surface area is 137 Å². The summed E-state index contributed by atoms with van der Waals surface area (Å²) in [5.74, 6) is 0.840. The predicted molar refractivity (Wildman–Crippen MR) is 87.3 cm³/mol. The Balaban J connectivity index is 1.77. The summed E-state index contributed by atoms with van der Waals surface area (Å²) in [6.45, 7) is 4.56. The third kappa shape index (κ3) is 4.88. The Morgan fingerprint density at radius 3 is 2.52 bits per heavy atom. The molecule has 5 heteroatoms. The van der Waals surface area contributed by atoms with Crippen molar-refractivity contribution in [2.45, 2.75) is 32.6 Å². The first-order valence-electron chi connectivity index (χ1n) is 8.29. The van der Waals surface area contributed by atoms with E-state index >= 15 is 0 Å². The maximum absolute atomic E-state index is 12.2. The van der Waals surface area contributed by atoms with E-state index in [0.717, 1.165) is 31.7 Å². The average Bonchev–Trinajstić information content (AvgIpc) is 3.10. The number of nitriles is 1. The number of carbonyl (C=O) groups excluding carboxylic acids is 1. The molecule has 2 rings (SSSR count). The molecular weight excluding hydrogens is 292 g/mol. The summed E-state index contributed by atoms with van der Waals surface area (Å²) in [5, 5.41) is 9.23. The van der Waals surface area contributed by atoms with Gasteiger partial charge in [0, 0.05) is 13.1 Å².